The Bertz CT molecular complexity index is 1200. The molecule has 0 spiro atoms. The van der Waals surface area contributed by atoms with E-state index in [4.69, 9.17) is 4.98 Å². The van der Waals surface area contributed by atoms with Gasteiger partial charge in [0.2, 0.25) is 0 Å². The van der Waals surface area contributed by atoms with Crippen molar-refractivity contribution in [1.29, 1.82) is 0 Å². The highest BCUT2D eigenvalue weighted by Crippen LogP contribution is 2.30. The molecule has 0 atom stereocenters. The third-order valence-corrected chi connectivity index (χ3v) is 5.37. The maximum Gasteiger partial charge on any atom is 0.140 e. The predicted molar refractivity (Wildman–Crippen MR) is 110 cm³/mol. The normalized spacial score (nSPS) is 13.9. The first kappa shape index (κ1) is 17.7. The number of nitrogens with zero attached hydrogens (tertiary/aromatic N) is 6. The van der Waals surface area contributed by atoms with Crippen LogP contribution in [0, 0.1) is 5.82 Å². The number of anilines is 1. The lowest BCUT2D eigenvalue weighted by Gasteiger charge is -2.30. The maximum absolute atomic E-state index is 13.8. The average molecular weight is 388 g/mol. The second kappa shape index (κ2) is 6.92. The van der Waals surface area contributed by atoms with Gasteiger partial charge < -0.3 is 4.90 Å². The molecule has 1 aliphatic heterocycles. The van der Waals surface area contributed by atoms with Gasteiger partial charge in [-0.3, -0.25) is 9.67 Å². The van der Waals surface area contributed by atoms with Crippen molar-refractivity contribution in [3.05, 3.63) is 66.1 Å². The fourth-order valence-corrected chi connectivity index (χ4v) is 3.97. The molecule has 1 aliphatic rings. The van der Waals surface area contributed by atoms with Crippen molar-refractivity contribution in [2.45, 2.75) is 32.9 Å². The van der Waals surface area contributed by atoms with E-state index in [1.807, 2.05) is 23.1 Å². The third kappa shape index (κ3) is 3.12. The number of aromatic nitrogens is 5. The van der Waals surface area contributed by atoms with Crippen LogP contribution in [0.15, 0.2) is 49.1 Å². The second-order valence-corrected chi connectivity index (χ2v) is 7.61. The van der Waals surface area contributed by atoms with E-state index in [-0.39, 0.29) is 11.9 Å². The molecular weight excluding hydrogens is 367 g/mol. The van der Waals surface area contributed by atoms with Crippen LogP contribution in [-0.2, 0) is 13.0 Å². The van der Waals surface area contributed by atoms with Crippen LogP contribution in [0.4, 0.5) is 10.2 Å². The summed E-state index contributed by atoms with van der Waals surface area (Å²) in [6, 6.07) is 9.11. The van der Waals surface area contributed by atoms with E-state index in [0.29, 0.717) is 6.54 Å². The summed E-state index contributed by atoms with van der Waals surface area (Å²) in [7, 11) is 0. The van der Waals surface area contributed by atoms with Crippen LogP contribution in [-0.4, -0.2) is 31.3 Å². The lowest BCUT2D eigenvalue weighted by atomic mass is 10.0. The van der Waals surface area contributed by atoms with Crippen molar-refractivity contribution in [2.24, 2.45) is 0 Å². The van der Waals surface area contributed by atoms with Gasteiger partial charge in [0.15, 0.2) is 0 Å². The van der Waals surface area contributed by atoms with Gasteiger partial charge in [-0.05, 0) is 49.7 Å². The van der Waals surface area contributed by atoms with E-state index < -0.39 is 0 Å². The first-order valence-electron chi connectivity index (χ1n) is 9.77. The van der Waals surface area contributed by atoms with Crippen LogP contribution in [0.1, 0.15) is 31.1 Å². The van der Waals surface area contributed by atoms with Crippen molar-refractivity contribution in [3.63, 3.8) is 0 Å². The highest BCUT2D eigenvalue weighted by atomic mass is 19.1. The van der Waals surface area contributed by atoms with E-state index >= 15 is 0 Å². The molecule has 4 heterocycles. The molecule has 0 N–H and O–H groups in total. The quantitative estimate of drug-likeness (QED) is 0.527. The number of benzene rings is 1. The molecule has 0 amide bonds. The molecule has 0 radical (unpaired) electrons. The van der Waals surface area contributed by atoms with Crippen molar-refractivity contribution < 1.29 is 4.39 Å². The monoisotopic (exact) mass is 388 g/mol. The molecule has 0 aliphatic carbocycles. The zero-order valence-corrected chi connectivity index (χ0v) is 16.4. The Kier molecular flexibility index (Phi) is 4.23. The Balaban J connectivity index is 1.53. The molecule has 1 aromatic carbocycles. The highest BCUT2D eigenvalue weighted by Gasteiger charge is 2.22. The van der Waals surface area contributed by atoms with Gasteiger partial charge in [0.25, 0.3) is 0 Å². The van der Waals surface area contributed by atoms with Crippen molar-refractivity contribution in [3.8, 4) is 11.3 Å². The van der Waals surface area contributed by atoms with E-state index in [0.717, 1.165) is 52.2 Å². The van der Waals surface area contributed by atoms with E-state index in [2.05, 4.69) is 39.9 Å². The molecule has 0 unspecified atom stereocenters. The van der Waals surface area contributed by atoms with Crippen LogP contribution < -0.4 is 4.90 Å². The smallest absolute Gasteiger partial charge is 0.140 e. The minimum Gasteiger partial charge on any atom is -0.351 e. The third-order valence-electron chi connectivity index (χ3n) is 5.37. The first-order valence-corrected chi connectivity index (χ1v) is 9.77. The first-order chi connectivity index (χ1) is 14.1. The topological polar surface area (TPSA) is 59.7 Å². The molecule has 0 fully saturated rings. The van der Waals surface area contributed by atoms with Gasteiger partial charge >= 0.3 is 0 Å². The molecule has 0 saturated heterocycles. The standard InChI is InChI=1S/C22H21FN6/c1-14(2)29-21(5-7-27-29)15-9-16-12-28(8-6-19(16)24-11-15)22-18-10-17(23)3-4-20(18)25-13-26-22/h3-5,7,9-11,13-14H,6,8,12H2,1-2H3. The molecule has 0 saturated carbocycles. The van der Waals surface area contributed by atoms with Gasteiger partial charge in [-0.1, -0.05) is 0 Å². The summed E-state index contributed by atoms with van der Waals surface area (Å²) in [5.41, 5.74) is 5.12. The van der Waals surface area contributed by atoms with Gasteiger partial charge in [0.05, 0.1) is 11.2 Å². The van der Waals surface area contributed by atoms with Crippen LogP contribution in [0.5, 0.6) is 0 Å². The van der Waals surface area contributed by atoms with Crippen LogP contribution in [0.2, 0.25) is 0 Å². The average Bonchev–Trinajstić information content (AvgIpc) is 3.23. The molecule has 146 valence electrons. The minimum atomic E-state index is -0.281. The summed E-state index contributed by atoms with van der Waals surface area (Å²) >= 11 is 0. The SMILES string of the molecule is CC(C)n1nccc1-c1cnc2c(c1)CN(c1ncnc3ccc(F)cc13)CC2. The molecule has 0 bridgehead atoms. The van der Waals surface area contributed by atoms with Gasteiger partial charge in [-0.2, -0.15) is 5.10 Å². The fraction of sp³-hybridized carbons (Fsp3) is 0.273. The summed E-state index contributed by atoms with van der Waals surface area (Å²) in [6.07, 6.45) is 6.11. The van der Waals surface area contributed by atoms with Crippen molar-refractivity contribution >= 4 is 16.7 Å². The fourth-order valence-electron chi connectivity index (χ4n) is 3.97. The number of hydrogen-bond acceptors (Lipinski definition) is 5. The van der Waals surface area contributed by atoms with Crippen LogP contribution >= 0.6 is 0 Å². The summed E-state index contributed by atoms with van der Waals surface area (Å²) in [6.45, 7) is 5.69. The molecule has 6 nitrogen and oxygen atoms in total. The van der Waals surface area contributed by atoms with E-state index in [1.54, 1.807) is 12.4 Å². The number of halogens is 1. The molecule has 5 rings (SSSR count). The Morgan fingerprint density at radius 1 is 1.07 bits per heavy atom. The summed E-state index contributed by atoms with van der Waals surface area (Å²) < 4.78 is 15.8. The second-order valence-electron chi connectivity index (χ2n) is 7.61. The van der Waals surface area contributed by atoms with Gasteiger partial charge in [0.1, 0.15) is 18.0 Å². The van der Waals surface area contributed by atoms with Crippen LogP contribution in [0.25, 0.3) is 22.2 Å². The van der Waals surface area contributed by atoms with E-state index in [1.165, 1.54) is 12.1 Å². The van der Waals surface area contributed by atoms with Gasteiger partial charge in [-0.25, -0.2) is 14.4 Å². The summed E-state index contributed by atoms with van der Waals surface area (Å²) in [5, 5.41) is 5.17. The van der Waals surface area contributed by atoms with Gasteiger partial charge in [0, 0.05) is 54.6 Å². The van der Waals surface area contributed by atoms with Crippen molar-refractivity contribution in [2.75, 3.05) is 11.4 Å². The molecule has 4 aromatic rings. The maximum atomic E-state index is 13.8. The molecule has 7 heteroatoms. The highest BCUT2D eigenvalue weighted by molar-refractivity contribution is 5.89. The largest absolute Gasteiger partial charge is 0.351 e. The zero-order chi connectivity index (χ0) is 20.0. The Morgan fingerprint density at radius 2 is 1.97 bits per heavy atom. The zero-order valence-electron chi connectivity index (χ0n) is 16.4. The number of fused-ring (bicyclic) bond motifs is 2. The molecular formula is C22H21FN6. The lowest BCUT2D eigenvalue weighted by Crippen LogP contribution is -2.31. The Morgan fingerprint density at radius 3 is 2.83 bits per heavy atom. The minimum absolute atomic E-state index is 0.273. The number of hydrogen-bond donors (Lipinski definition) is 0. The van der Waals surface area contributed by atoms with Gasteiger partial charge in [-0.15, -0.1) is 0 Å². The number of rotatable bonds is 3. The predicted octanol–water partition coefficient (Wildman–Crippen LogP) is 4.17. The summed E-state index contributed by atoms with van der Waals surface area (Å²) in [4.78, 5) is 15.6. The van der Waals surface area contributed by atoms with Crippen molar-refractivity contribution in [1.82, 2.24) is 24.7 Å². The Labute approximate surface area is 168 Å². The summed E-state index contributed by atoms with van der Waals surface area (Å²) in [5.74, 6) is 0.481. The molecule has 29 heavy (non-hydrogen) atoms. The number of pyridine rings is 1. The lowest BCUT2D eigenvalue weighted by molar-refractivity contribution is 0.538. The Hall–Kier alpha value is -3.35. The van der Waals surface area contributed by atoms with Crippen LogP contribution in [0.3, 0.4) is 0 Å². The molecule has 3 aromatic heterocycles. The van der Waals surface area contributed by atoms with E-state index in [9.17, 15) is 4.39 Å².